The number of nitrogen functional groups attached to an aromatic ring is 1. The zero-order valence-corrected chi connectivity index (χ0v) is 10.7. The van der Waals surface area contributed by atoms with Gasteiger partial charge in [0.05, 0.1) is 0 Å². The molecule has 0 aromatic heterocycles. The third-order valence-corrected chi connectivity index (χ3v) is 3.68. The van der Waals surface area contributed by atoms with Gasteiger partial charge in [-0.2, -0.15) is 0 Å². The molecule has 1 aliphatic rings. The summed E-state index contributed by atoms with van der Waals surface area (Å²) in [4.78, 5) is 2.51. The van der Waals surface area contributed by atoms with Gasteiger partial charge in [-0.1, -0.05) is 18.2 Å². The Morgan fingerprint density at radius 2 is 2.24 bits per heavy atom. The Labute approximate surface area is 103 Å². The van der Waals surface area contributed by atoms with Crippen molar-refractivity contribution in [2.24, 2.45) is 5.73 Å². The number of nitrogens with zero attached hydrogens (tertiary/aromatic N) is 1. The van der Waals surface area contributed by atoms with Gasteiger partial charge >= 0.3 is 0 Å². The second kappa shape index (κ2) is 4.49. The van der Waals surface area contributed by atoms with E-state index in [-0.39, 0.29) is 5.84 Å². The van der Waals surface area contributed by atoms with Gasteiger partial charge in [0.15, 0.2) is 0 Å². The molecule has 1 aliphatic heterocycles. The Hall–Kier alpha value is -1.35. The van der Waals surface area contributed by atoms with Crippen LogP contribution in [0.2, 0.25) is 0 Å². The average molecular weight is 231 g/mol. The smallest absolute Gasteiger partial charge is 0.122 e. The van der Waals surface area contributed by atoms with Crippen molar-refractivity contribution >= 4 is 5.84 Å². The van der Waals surface area contributed by atoms with Crippen LogP contribution in [0.25, 0.3) is 0 Å². The second-order valence-corrected chi connectivity index (χ2v) is 5.45. The largest absolute Gasteiger partial charge is 0.384 e. The SMILES string of the molecule is CC1(C)CCCN1Cc1cccc(C(=N)N)c1. The molecule has 0 atom stereocenters. The topological polar surface area (TPSA) is 53.1 Å². The molecular weight excluding hydrogens is 210 g/mol. The molecule has 1 aromatic rings. The molecule has 0 spiro atoms. The standard InChI is InChI=1S/C14H21N3/c1-14(2)7-4-8-17(14)10-11-5-3-6-12(9-11)13(15)16/h3,5-6,9H,4,7-8,10H2,1-2H3,(H3,15,16). The predicted molar refractivity (Wildman–Crippen MR) is 71.2 cm³/mol. The zero-order valence-electron chi connectivity index (χ0n) is 10.7. The number of amidine groups is 1. The monoisotopic (exact) mass is 231 g/mol. The van der Waals surface area contributed by atoms with Crippen molar-refractivity contribution in [3.63, 3.8) is 0 Å². The number of hydrogen-bond donors (Lipinski definition) is 2. The highest BCUT2D eigenvalue weighted by atomic mass is 15.2. The summed E-state index contributed by atoms with van der Waals surface area (Å²) in [6, 6.07) is 8.01. The van der Waals surface area contributed by atoms with E-state index in [0.29, 0.717) is 5.54 Å². The van der Waals surface area contributed by atoms with Gasteiger partial charge in [-0.05, 0) is 44.9 Å². The van der Waals surface area contributed by atoms with Crippen molar-refractivity contribution in [3.8, 4) is 0 Å². The molecule has 0 saturated carbocycles. The normalized spacial score (nSPS) is 19.4. The Morgan fingerprint density at radius 3 is 2.82 bits per heavy atom. The summed E-state index contributed by atoms with van der Waals surface area (Å²) in [5.74, 6) is 0.146. The molecule has 3 N–H and O–H groups in total. The lowest BCUT2D eigenvalue weighted by molar-refractivity contribution is 0.166. The minimum Gasteiger partial charge on any atom is -0.384 e. The molecule has 0 radical (unpaired) electrons. The van der Waals surface area contributed by atoms with E-state index in [0.717, 1.165) is 18.7 Å². The molecule has 92 valence electrons. The minimum atomic E-state index is 0.146. The van der Waals surface area contributed by atoms with Gasteiger partial charge in [0.25, 0.3) is 0 Å². The average Bonchev–Trinajstić information content (AvgIpc) is 2.59. The minimum absolute atomic E-state index is 0.146. The molecule has 3 nitrogen and oxygen atoms in total. The van der Waals surface area contributed by atoms with Crippen LogP contribution in [0.1, 0.15) is 37.8 Å². The summed E-state index contributed by atoms with van der Waals surface area (Å²) in [7, 11) is 0. The number of hydrogen-bond acceptors (Lipinski definition) is 2. The zero-order chi connectivity index (χ0) is 12.5. The molecular formula is C14H21N3. The molecule has 0 bridgehead atoms. The number of nitrogens with one attached hydrogen (secondary N) is 1. The highest BCUT2D eigenvalue weighted by Gasteiger charge is 2.31. The summed E-state index contributed by atoms with van der Waals surface area (Å²) in [5.41, 5.74) is 7.87. The summed E-state index contributed by atoms with van der Waals surface area (Å²) < 4.78 is 0. The first-order valence-electron chi connectivity index (χ1n) is 6.17. The van der Waals surface area contributed by atoms with Crippen molar-refractivity contribution in [2.45, 2.75) is 38.8 Å². The molecule has 1 fully saturated rings. The lowest BCUT2D eigenvalue weighted by Gasteiger charge is -2.31. The van der Waals surface area contributed by atoms with E-state index in [1.165, 1.54) is 18.4 Å². The van der Waals surface area contributed by atoms with Crippen LogP contribution < -0.4 is 5.73 Å². The van der Waals surface area contributed by atoms with E-state index in [1.807, 2.05) is 18.2 Å². The van der Waals surface area contributed by atoms with Crippen LogP contribution in [0.5, 0.6) is 0 Å². The van der Waals surface area contributed by atoms with E-state index in [4.69, 9.17) is 11.1 Å². The molecule has 0 aliphatic carbocycles. The Balaban J connectivity index is 2.13. The summed E-state index contributed by atoms with van der Waals surface area (Å²) in [5, 5.41) is 7.46. The lowest BCUT2D eigenvalue weighted by atomic mass is 10.0. The fourth-order valence-corrected chi connectivity index (χ4v) is 2.51. The van der Waals surface area contributed by atoms with E-state index in [2.05, 4.69) is 24.8 Å². The lowest BCUT2D eigenvalue weighted by Crippen LogP contribution is -2.37. The van der Waals surface area contributed by atoms with Crippen molar-refractivity contribution in [3.05, 3.63) is 35.4 Å². The van der Waals surface area contributed by atoms with Crippen LogP contribution in [-0.4, -0.2) is 22.8 Å². The highest BCUT2D eigenvalue weighted by molar-refractivity contribution is 5.95. The fraction of sp³-hybridized carbons (Fsp3) is 0.500. The second-order valence-electron chi connectivity index (χ2n) is 5.45. The highest BCUT2D eigenvalue weighted by Crippen LogP contribution is 2.29. The van der Waals surface area contributed by atoms with E-state index in [9.17, 15) is 0 Å². The third kappa shape index (κ3) is 2.67. The van der Waals surface area contributed by atoms with Gasteiger partial charge in [0.2, 0.25) is 0 Å². The first-order chi connectivity index (χ1) is 7.99. The van der Waals surface area contributed by atoms with Crippen LogP contribution in [0.4, 0.5) is 0 Å². The molecule has 1 aromatic carbocycles. The summed E-state index contributed by atoms with van der Waals surface area (Å²) >= 11 is 0. The molecule has 0 unspecified atom stereocenters. The van der Waals surface area contributed by atoms with Gasteiger partial charge in [-0.3, -0.25) is 10.3 Å². The van der Waals surface area contributed by atoms with Crippen molar-refractivity contribution in [1.29, 1.82) is 5.41 Å². The molecule has 0 amide bonds. The van der Waals surface area contributed by atoms with Gasteiger partial charge < -0.3 is 5.73 Å². The Morgan fingerprint density at radius 1 is 1.47 bits per heavy atom. The molecule has 3 heteroatoms. The predicted octanol–water partition coefficient (Wildman–Crippen LogP) is 2.35. The van der Waals surface area contributed by atoms with Gasteiger partial charge in [-0.15, -0.1) is 0 Å². The van der Waals surface area contributed by atoms with Crippen molar-refractivity contribution in [2.75, 3.05) is 6.54 Å². The number of benzene rings is 1. The molecule has 1 saturated heterocycles. The maximum Gasteiger partial charge on any atom is 0.122 e. The number of nitrogens with two attached hydrogens (primary N) is 1. The van der Waals surface area contributed by atoms with E-state index < -0.39 is 0 Å². The van der Waals surface area contributed by atoms with Gasteiger partial charge in [0, 0.05) is 17.6 Å². The van der Waals surface area contributed by atoms with Crippen LogP contribution in [0, 0.1) is 5.41 Å². The van der Waals surface area contributed by atoms with Gasteiger partial charge in [0.1, 0.15) is 5.84 Å². The maximum absolute atomic E-state index is 7.46. The number of rotatable bonds is 3. The van der Waals surface area contributed by atoms with Crippen molar-refractivity contribution in [1.82, 2.24) is 4.90 Å². The quantitative estimate of drug-likeness (QED) is 0.619. The molecule has 17 heavy (non-hydrogen) atoms. The van der Waals surface area contributed by atoms with Crippen molar-refractivity contribution < 1.29 is 0 Å². The van der Waals surface area contributed by atoms with Crippen LogP contribution in [0.3, 0.4) is 0 Å². The van der Waals surface area contributed by atoms with Crippen LogP contribution in [0.15, 0.2) is 24.3 Å². The first-order valence-corrected chi connectivity index (χ1v) is 6.17. The van der Waals surface area contributed by atoms with Crippen LogP contribution >= 0.6 is 0 Å². The third-order valence-electron chi connectivity index (χ3n) is 3.68. The van der Waals surface area contributed by atoms with Gasteiger partial charge in [-0.25, -0.2) is 0 Å². The summed E-state index contributed by atoms with van der Waals surface area (Å²) in [6.45, 7) is 6.72. The van der Waals surface area contributed by atoms with E-state index in [1.54, 1.807) is 0 Å². The number of likely N-dealkylation sites (tertiary alicyclic amines) is 1. The summed E-state index contributed by atoms with van der Waals surface area (Å²) in [6.07, 6.45) is 2.54. The fourth-order valence-electron chi connectivity index (χ4n) is 2.51. The Bertz CT molecular complexity index is 423. The Kier molecular flexibility index (Phi) is 3.20. The maximum atomic E-state index is 7.46. The molecule has 1 heterocycles. The van der Waals surface area contributed by atoms with Crippen LogP contribution in [-0.2, 0) is 6.54 Å². The molecule has 2 rings (SSSR count). The first kappa shape index (κ1) is 12.1. The van der Waals surface area contributed by atoms with E-state index >= 15 is 0 Å².